The van der Waals surface area contributed by atoms with Crippen molar-refractivity contribution in [2.24, 2.45) is 0 Å². The molecule has 4 nitrogen and oxygen atoms in total. The van der Waals surface area contributed by atoms with Crippen molar-refractivity contribution in [3.05, 3.63) is 89.5 Å². The van der Waals surface area contributed by atoms with Crippen LogP contribution < -0.4 is 9.64 Å². The first kappa shape index (κ1) is 23.0. The Labute approximate surface area is 191 Å². The van der Waals surface area contributed by atoms with E-state index in [-0.39, 0.29) is 12.4 Å². The Bertz CT molecular complexity index is 1040. The highest BCUT2D eigenvalue weighted by Gasteiger charge is 2.30. The molecule has 1 atom stereocenters. The molecule has 174 valence electrons. The molecule has 1 aliphatic rings. The fraction of sp³-hybridized carbons (Fsp3) is 0.308. The second-order valence-electron chi connectivity index (χ2n) is 8.41. The summed E-state index contributed by atoms with van der Waals surface area (Å²) in [5.74, 6) is 0.959. The summed E-state index contributed by atoms with van der Waals surface area (Å²) in [6.45, 7) is 6.04. The lowest BCUT2D eigenvalue weighted by Gasteiger charge is -2.41. The summed E-state index contributed by atoms with van der Waals surface area (Å²) >= 11 is 0. The van der Waals surface area contributed by atoms with Gasteiger partial charge in [-0.1, -0.05) is 24.3 Å². The summed E-state index contributed by atoms with van der Waals surface area (Å²) in [6.07, 6.45) is -4.33. The van der Waals surface area contributed by atoms with Gasteiger partial charge in [0.15, 0.2) is 0 Å². The Morgan fingerprint density at radius 1 is 0.879 bits per heavy atom. The largest absolute Gasteiger partial charge is 0.508 e. The molecule has 33 heavy (non-hydrogen) atoms. The number of phenolic OH excluding ortho intramolecular Hbond substituents is 1. The molecule has 3 aromatic rings. The van der Waals surface area contributed by atoms with Crippen LogP contribution in [0, 0.1) is 0 Å². The Hall–Kier alpha value is -3.19. The minimum absolute atomic E-state index is 0.216. The van der Waals surface area contributed by atoms with E-state index in [1.165, 1.54) is 17.7 Å². The monoisotopic (exact) mass is 456 g/mol. The highest BCUT2D eigenvalue weighted by atomic mass is 19.4. The van der Waals surface area contributed by atoms with Gasteiger partial charge in [-0.3, -0.25) is 4.90 Å². The molecule has 0 radical (unpaired) electrons. The third kappa shape index (κ3) is 5.99. The van der Waals surface area contributed by atoms with Gasteiger partial charge in [0, 0.05) is 37.9 Å². The molecule has 0 unspecified atom stereocenters. The number of ether oxygens (including phenoxy) is 1. The third-order valence-corrected chi connectivity index (χ3v) is 5.98. The van der Waals surface area contributed by atoms with Gasteiger partial charge in [0.1, 0.15) is 18.1 Å². The van der Waals surface area contributed by atoms with E-state index < -0.39 is 11.7 Å². The Morgan fingerprint density at radius 3 is 2.12 bits per heavy atom. The van der Waals surface area contributed by atoms with Crippen molar-refractivity contribution < 1.29 is 23.0 Å². The van der Waals surface area contributed by atoms with Gasteiger partial charge in [0.2, 0.25) is 0 Å². The van der Waals surface area contributed by atoms with Crippen LogP contribution in [0.3, 0.4) is 0 Å². The number of nitrogens with zero attached hydrogens (tertiary/aromatic N) is 2. The van der Waals surface area contributed by atoms with Gasteiger partial charge in [-0.15, -0.1) is 0 Å². The number of hydrogen-bond donors (Lipinski definition) is 1. The predicted molar refractivity (Wildman–Crippen MR) is 122 cm³/mol. The minimum Gasteiger partial charge on any atom is -0.508 e. The number of rotatable bonds is 6. The molecule has 3 aromatic carbocycles. The molecule has 0 spiro atoms. The van der Waals surface area contributed by atoms with Gasteiger partial charge in [-0.25, -0.2) is 0 Å². The smallest absolute Gasteiger partial charge is 0.416 e. The van der Waals surface area contributed by atoms with Gasteiger partial charge in [-0.05, 0) is 66.6 Å². The zero-order valence-electron chi connectivity index (χ0n) is 18.4. The van der Waals surface area contributed by atoms with E-state index >= 15 is 0 Å². The van der Waals surface area contributed by atoms with Gasteiger partial charge in [-0.2, -0.15) is 13.2 Å². The second-order valence-corrected chi connectivity index (χ2v) is 8.41. The SMILES string of the molecule is C[C@@H]1CN(c2ccc(O)cc2)CCN1Cc1ccc(OCc2ccc(C(F)(F)F)cc2)cc1. The quantitative estimate of drug-likeness (QED) is 0.516. The van der Waals surface area contributed by atoms with Crippen molar-refractivity contribution in [2.45, 2.75) is 32.3 Å². The van der Waals surface area contributed by atoms with Crippen molar-refractivity contribution in [1.29, 1.82) is 0 Å². The van der Waals surface area contributed by atoms with E-state index in [2.05, 4.69) is 16.7 Å². The molecule has 1 saturated heterocycles. The van der Waals surface area contributed by atoms with Gasteiger partial charge in [0.05, 0.1) is 5.56 Å². The van der Waals surface area contributed by atoms with Crippen molar-refractivity contribution in [3.8, 4) is 11.5 Å². The molecule has 1 fully saturated rings. The summed E-state index contributed by atoms with van der Waals surface area (Å²) in [7, 11) is 0. The maximum Gasteiger partial charge on any atom is 0.416 e. The molecule has 1 heterocycles. The molecular formula is C26H27F3N2O2. The van der Waals surface area contributed by atoms with Crippen molar-refractivity contribution >= 4 is 5.69 Å². The molecule has 0 amide bonds. The van der Waals surface area contributed by atoms with Crippen molar-refractivity contribution in [2.75, 3.05) is 24.5 Å². The maximum atomic E-state index is 12.7. The Balaban J connectivity index is 1.27. The lowest BCUT2D eigenvalue weighted by atomic mass is 10.1. The fourth-order valence-corrected chi connectivity index (χ4v) is 4.01. The van der Waals surface area contributed by atoms with Gasteiger partial charge < -0.3 is 14.7 Å². The summed E-state index contributed by atoms with van der Waals surface area (Å²) < 4.78 is 43.7. The first-order valence-electron chi connectivity index (χ1n) is 10.9. The molecule has 0 saturated carbocycles. The topological polar surface area (TPSA) is 35.9 Å². The first-order valence-corrected chi connectivity index (χ1v) is 10.9. The zero-order valence-corrected chi connectivity index (χ0v) is 18.4. The number of hydrogen-bond acceptors (Lipinski definition) is 4. The van der Waals surface area contributed by atoms with Crippen LogP contribution >= 0.6 is 0 Å². The Kier molecular flexibility index (Phi) is 6.79. The lowest BCUT2D eigenvalue weighted by Crippen LogP contribution is -2.51. The van der Waals surface area contributed by atoms with Crippen LogP contribution in [-0.4, -0.2) is 35.7 Å². The average molecular weight is 457 g/mol. The van der Waals surface area contributed by atoms with Crippen LogP contribution in [-0.2, 0) is 19.3 Å². The molecule has 0 bridgehead atoms. The van der Waals surface area contributed by atoms with Crippen molar-refractivity contribution in [1.82, 2.24) is 4.90 Å². The van der Waals surface area contributed by atoms with E-state index in [0.717, 1.165) is 44.0 Å². The molecule has 1 aliphatic heterocycles. The first-order chi connectivity index (χ1) is 15.8. The van der Waals surface area contributed by atoms with Crippen LogP contribution in [0.1, 0.15) is 23.6 Å². The summed E-state index contributed by atoms with van der Waals surface area (Å²) in [4.78, 5) is 4.77. The normalized spacial score (nSPS) is 17.2. The van der Waals surface area contributed by atoms with Crippen LogP contribution in [0.25, 0.3) is 0 Å². The number of alkyl halides is 3. The maximum absolute atomic E-state index is 12.7. The summed E-state index contributed by atoms with van der Waals surface area (Å²) in [5.41, 5.74) is 2.33. The van der Waals surface area contributed by atoms with E-state index in [4.69, 9.17) is 4.74 Å². The highest BCUT2D eigenvalue weighted by molar-refractivity contribution is 5.49. The van der Waals surface area contributed by atoms with Crippen LogP contribution in [0.5, 0.6) is 11.5 Å². The predicted octanol–water partition coefficient (Wildman–Crippen LogP) is 5.70. The highest BCUT2D eigenvalue weighted by Crippen LogP contribution is 2.29. The second kappa shape index (κ2) is 9.75. The van der Waals surface area contributed by atoms with Crippen molar-refractivity contribution in [3.63, 3.8) is 0 Å². The molecule has 4 rings (SSSR count). The number of phenols is 1. The van der Waals surface area contributed by atoms with E-state index in [1.54, 1.807) is 12.1 Å². The van der Waals surface area contributed by atoms with Gasteiger partial charge >= 0.3 is 6.18 Å². The number of benzene rings is 3. The molecule has 1 N–H and O–H groups in total. The van der Waals surface area contributed by atoms with E-state index in [9.17, 15) is 18.3 Å². The van der Waals surface area contributed by atoms with Gasteiger partial charge in [0.25, 0.3) is 0 Å². The minimum atomic E-state index is -4.33. The van der Waals surface area contributed by atoms with Crippen LogP contribution in [0.4, 0.5) is 18.9 Å². The molecule has 7 heteroatoms. The average Bonchev–Trinajstić information content (AvgIpc) is 2.80. The standard InChI is InChI=1S/C26H27F3N2O2/c1-19-16-31(23-8-10-24(32)11-9-23)15-14-30(19)17-20-4-12-25(13-5-20)33-18-21-2-6-22(7-3-21)26(27,28)29/h2-13,19,32H,14-18H2,1H3/t19-/m1/s1. The molecular weight excluding hydrogens is 429 g/mol. The number of piperazine rings is 1. The number of halogens is 3. The molecule has 0 aromatic heterocycles. The number of aromatic hydroxyl groups is 1. The summed E-state index contributed by atoms with van der Waals surface area (Å²) in [5, 5.41) is 9.49. The third-order valence-electron chi connectivity index (χ3n) is 5.98. The van der Waals surface area contributed by atoms with E-state index in [1.807, 2.05) is 36.4 Å². The van der Waals surface area contributed by atoms with E-state index in [0.29, 0.717) is 17.4 Å². The molecule has 0 aliphatic carbocycles. The van der Waals surface area contributed by atoms with Crippen LogP contribution in [0.15, 0.2) is 72.8 Å². The lowest BCUT2D eigenvalue weighted by molar-refractivity contribution is -0.137. The number of anilines is 1. The Morgan fingerprint density at radius 2 is 1.52 bits per heavy atom. The fourth-order valence-electron chi connectivity index (χ4n) is 4.01. The zero-order chi connectivity index (χ0) is 23.4. The summed E-state index contributed by atoms with van der Waals surface area (Å²) in [6, 6.07) is 20.6. The van der Waals surface area contributed by atoms with Crippen LogP contribution in [0.2, 0.25) is 0 Å².